The monoisotopic (exact) mass is 364 g/mol. The molecule has 1 fully saturated rings. The SMILES string of the molecule is CN=C(NCCc1ccc2c(c1)CCO2)N1CCN(c2ccccc2)CC1. The number of benzene rings is 2. The van der Waals surface area contributed by atoms with Gasteiger partial charge in [-0.25, -0.2) is 0 Å². The molecule has 0 unspecified atom stereocenters. The summed E-state index contributed by atoms with van der Waals surface area (Å²) in [5, 5.41) is 3.54. The lowest BCUT2D eigenvalue weighted by atomic mass is 10.1. The molecule has 0 aliphatic carbocycles. The molecule has 2 aromatic rings. The van der Waals surface area contributed by atoms with Gasteiger partial charge in [0.05, 0.1) is 6.61 Å². The van der Waals surface area contributed by atoms with Gasteiger partial charge in [-0.15, -0.1) is 0 Å². The van der Waals surface area contributed by atoms with Crippen LogP contribution in [-0.4, -0.2) is 57.2 Å². The van der Waals surface area contributed by atoms with Crippen LogP contribution in [-0.2, 0) is 12.8 Å². The van der Waals surface area contributed by atoms with E-state index < -0.39 is 0 Å². The second kappa shape index (κ2) is 8.33. The van der Waals surface area contributed by atoms with Gasteiger partial charge in [-0.2, -0.15) is 0 Å². The van der Waals surface area contributed by atoms with Crippen LogP contribution in [0, 0.1) is 0 Å². The molecule has 5 nitrogen and oxygen atoms in total. The number of nitrogens with zero attached hydrogens (tertiary/aromatic N) is 3. The minimum Gasteiger partial charge on any atom is -0.493 e. The van der Waals surface area contributed by atoms with Crippen molar-refractivity contribution in [2.24, 2.45) is 4.99 Å². The average molecular weight is 364 g/mol. The molecule has 0 aromatic heterocycles. The molecule has 27 heavy (non-hydrogen) atoms. The number of guanidine groups is 1. The first kappa shape index (κ1) is 17.7. The zero-order chi connectivity index (χ0) is 18.5. The van der Waals surface area contributed by atoms with Crippen LogP contribution in [0.1, 0.15) is 11.1 Å². The standard InChI is InChI=1S/C22H28N4O/c1-23-22(24-11-9-18-7-8-21-19(17-18)10-16-27-21)26-14-12-25(13-15-26)20-5-3-2-4-6-20/h2-8,17H,9-16H2,1H3,(H,23,24). The third-order valence-corrected chi connectivity index (χ3v) is 5.36. The molecule has 0 amide bonds. The lowest BCUT2D eigenvalue weighted by Crippen LogP contribution is -2.52. The van der Waals surface area contributed by atoms with Crippen LogP contribution >= 0.6 is 0 Å². The van der Waals surface area contributed by atoms with Gasteiger partial charge in [-0.3, -0.25) is 4.99 Å². The van der Waals surface area contributed by atoms with Crippen molar-refractivity contribution in [1.82, 2.24) is 10.2 Å². The molecule has 2 aliphatic heterocycles. The molecule has 0 radical (unpaired) electrons. The predicted molar refractivity (Wildman–Crippen MR) is 111 cm³/mol. The summed E-state index contributed by atoms with van der Waals surface area (Å²) in [7, 11) is 1.87. The molecule has 2 aliphatic rings. The van der Waals surface area contributed by atoms with Crippen molar-refractivity contribution in [3.63, 3.8) is 0 Å². The minimum atomic E-state index is 0.818. The Hall–Kier alpha value is -2.69. The minimum absolute atomic E-state index is 0.818. The van der Waals surface area contributed by atoms with Gasteiger partial charge < -0.3 is 19.9 Å². The van der Waals surface area contributed by atoms with E-state index in [2.05, 4.69) is 68.6 Å². The maximum absolute atomic E-state index is 5.59. The van der Waals surface area contributed by atoms with Crippen molar-refractivity contribution in [1.29, 1.82) is 0 Å². The average Bonchev–Trinajstić information content (AvgIpc) is 3.20. The number of para-hydroxylation sites is 1. The highest BCUT2D eigenvalue weighted by molar-refractivity contribution is 5.80. The molecule has 1 saturated heterocycles. The summed E-state index contributed by atoms with van der Waals surface area (Å²) in [5.74, 6) is 2.06. The number of hydrogen-bond acceptors (Lipinski definition) is 3. The Labute approximate surface area is 161 Å². The molecule has 0 atom stereocenters. The van der Waals surface area contributed by atoms with Crippen molar-refractivity contribution in [3.05, 3.63) is 59.7 Å². The normalized spacial score (nSPS) is 16.9. The molecule has 0 saturated carbocycles. The number of hydrogen-bond donors (Lipinski definition) is 1. The third kappa shape index (κ3) is 4.18. The number of nitrogens with one attached hydrogen (secondary N) is 1. The molecule has 5 heteroatoms. The smallest absolute Gasteiger partial charge is 0.193 e. The van der Waals surface area contributed by atoms with Crippen molar-refractivity contribution >= 4 is 11.6 Å². The molecular formula is C22H28N4O. The molecule has 2 aromatic carbocycles. The Morgan fingerprint density at radius 3 is 2.67 bits per heavy atom. The number of fused-ring (bicyclic) bond motifs is 1. The van der Waals surface area contributed by atoms with E-state index in [1.54, 1.807) is 0 Å². The van der Waals surface area contributed by atoms with Gasteiger partial charge in [0.2, 0.25) is 0 Å². The fourth-order valence-electron chi connectivity index (χ4n) is 3.86. The summed E-state index contributed by atoms with van der Waals surface area (Å²) in [4.78, 5) is 9.29. The Morgan fingerprint density at radius 2 is 1.89 bits per heavy atom. The fraction of sp³-hybridized carbons (Fsp3) is 0.409. The van der Waals surface area contributed by atoms with E-state index in [0.717, 1.165) is 63.9 Å². The second-order valence-corrected chi connectivity index (χ2v) is 7.07. The van der Waals surface area contributed by atoms with Gasteiger partial charge in [0.15, 0.2) is 5.96 Å². The lowest BCUT2D eigenvalue weighted by molar-refractivity contribution is 0.357. The molecule has 2 heterocycles. The van der Waals surface area contributed by atoms with Crippen molar-refractivity contribution in [3.8, 4) is 5.75 Å². The van der Waals surface area contributed by atoms with Crippen molar-refractivity contribution < 1.29 is 4.74 Å². The molecule has 0 spiro atoms. The summed E-state index contributed by atoms with van der Waals surface area (Å²) in [6.07, 6.45) is 2.03. The Balaban J connectivity index is 1.26. The number of piperazine rings is 1. The maximum atomic E-state index is 5.59. The summed E-state index contributed by atoms with van der Waals surface area (Å²) >= 11 is 0. The number of rotatable bonds is 4. The van der Waals surface area contributed by atoms with Crippen LogP contribution in [0.2, 0.25) is 0 Å². The van der Waals surface area contributed by atoms with Gasteiger partial charge in [0, 0.05) is 51.9 Å². The molecule has 0 bridgehead atoms. The van der Waals surface area contributed by atoms with Gasteiger partial charge in [0.25, 0.3) is 0 Å². The maximum Gasteiger partial charge on any atom is 0.193 e. The first-order valence-electron chi connectivity index (χ1n) is 9.84. The Bertz CT molecular complexity index is 782. The largest absolute Gasteiger partial charge is 0.493 e. The second-order valence-electron chi connectivity index (χ2n) is 7.07. The van der Waals surface area contributed by atoms with E-state index in [4.69, 9.17) is 4.74 Å². The summed E-state index contributed by atoms with van der Waals surface area (Å²) < 4.78 is 5.59. The van der Waals surface area contributed by atoms with Crippen LogP contribution in [0.3, 0.4) is 0 Å². The van der Waals surface area contributed by atoms with Crippen LogP contribution in [0.25, 0.3) is 0 Å². The fourth-order valence-corrected chi connectivity index (χ4v) is 3.86. The highest BCUT2D eigenvalue weighted by Crippen LogP contribution is 2.25. The number of aliphatic imine (C=N–C) groups is 1. The molecule has 142 valence electrons. The van der Waals surface area contributed by atoms with Crippen LogP contribution in [0.5, 0.6) is 5.75 Å². The Morgan fingerprint density at radius 1 is 1.07 bits per heavy atom. The van der Waals surface area contributed by atoms with Gasteiger partial charge in [-0.05, 0) is 35.7 Å². The first-order valence-corrected chi connectivity index (χ1v) is 9.84. The third-order valence-electron chi connectivity index (χ3n) is 5.36. The van der Waals surface area contributed by atoms with E-state index in [0.29, 0.717) is 0 Å². The highest BCUT2D eigenvalue weighted by Gasteiger charge is 2.19. The van der Waals surface area contributed by atoms with E-state index in [-0.39, 0.29) is 0 Å². The van der Waals surface area contributed by atoms with Crippen molar-refractivity contribution in [2.75, 3.05) is 51.3 Å². The van der Waals surface area contributed by atoms with Gasteiger partial charge >= 0.3 is 0 Å². The zero-order valence-electron chi connectivity index (χ0n) is 16.0. The van der Waals surface area contributed by atoms with Crippen LogP contribution in [0.4, 0.5) is 5.69 Å². The molecule has 4 rings (SSSR count). The lowest BCUT2D eigenvalue weighted by Gasteiger charge is -2.37. The van der Waals surface area contributed by atoms with E-state index in [1.165, 1.54) is 16.8 Å². The molecular weight excluding hydrogens is 336 g/mol. The first-order chi connectivity index (χ1) is 13.3. The topological polar surface area (TPSA) is 40.1 Å². The Kier molecular flexibility index (Phi) is 5.47. The van der Waals surface area contributed by atoms with Crippen LogP contribution < -0.4 is 15.0 Å². The summed E-state index contributed by atoms with van der Waals surface area (Å²) in [6, 6.07) is 17.2. The van der Waals surface area contributed by atoms with Gasteiger partial charge in [0.1, 0.15) is 5.75 Å². The zero-order valence-corrected chi connectivity index (χ0v) is 16.0. The van der Waals surface area contributed by atoms with E-state index in [1.807, 2.05) is 7.05 Å². The van der Waals surface area contributed by atoms with E-state index >= 15 is 0 Å². The summed E-state index contributed by atoms with van der Waals surface area (Å²) in [6.45, 7) is 5.74. The predicted octanol–water partition coefficient (Wildman–Crippen LogP) is 2.56. The quantitative estimate of drug-likeness (QED) is 0.669. The van der Waals surface area contributed by atoms with E-state index in [9.17, 15) is 0 Å². The molecule has 1 N–H and O–H groups in total. The van der Waals surface area contributed by atoms with Crippen LogP contribution in [0.15, 0.2) is 53.5 Å². The number of ether oxygens (including phenoxy) is 1. The summed E-state index contributed by atoms with van der Waals surface area (Å²) in [5.41, 5.74) is 4.01. The van der Waals surface area contributed by atoms with Gasteiger partial charge in [-0.1, -0.05) is 30.3 Å². The van der Waals surface area contributed by atoms with Crippen molar-refractivity contribution in [2.45, 2.75) is 12.8 Å². The number of anilines is 1. The highest BCUT2D eigenvalue weighted by atomic mass is 16.5.